The first-order chi connectivity index (χ1) is 9.52. The number of pyridine rings is 1. The van der Waals surface area contributed by atoms with Crippen molar-refractivity contribution in [2.75, 3.05) is 6.54 Å². The average molecular weight is 276 g/mol. The first-order valence-corrected chi connectivity index (χ1v) is 6.65. The van der Waals surface area contributed by atoms with Crippen molar-refractivity contribution in [3.8, 4) is 0 Å². The smallest absolute Gasteiger partial charge is 0.131 e. The van der Waals surface area contributed by atoms with Crippen LogP contribution in [0.5, 0.6) is 0 Å². The Labute approximate surface area is 117 Å². The van der Waals surface area contributed by atoms with E-state index in [1.165, 1.54) is 12.1 Å². The molecule has 2 aromatic rings. The lowest BCUT2D eigenvalue weighted by Crippen LogP contribution is -2.24. The van der Waals surface area contributed by atoms with Gasteiger partial charge in [0.2, 0.25) is 0 Å². The highest BCUT2D eigenvalue weighted by Gasteiger charge is 2.19. The van der Waals surface area contributed by atoms with Crippen LogP contribution < -0.4 is 5.32 Å². The van der Waals surface area contributed by atoms with Crippen LogP contribution in [0.4, 0.5) is 8.78 Å². The molecule has 2 nitrogen and oxygen atoms in total. The van der Waals surface area contributed by atoms with E-state index in [9.17, 15) is 8.78 Å². The third kappa shape index (κ3) is 3.02. The molecule has 4 heteroatoms. The van der Waals surface area contributed by atoms with Gasteiger partial charge in [-0.05, 0) is 38.1 Å². The molecule has 20 heavy (non-hydrogen) atoms. The van der Waals surface area contributed by atoms with Gasteiger partial charge in [-0.15, -0.1) is 0 Å². The van der Waals surface area contributed by atoms with Gasteiger partial charge in [-0.1, -0.05) is 19.1 Å². The quantitative estimate of drug-likeness (QED) is 0.921. The molecular formula is C16H18F2N2. The van der Waals surface area contributed by atoms with Gasteiger partial charge in [-0.2, -0.15) is 0 Å². The number of rotatable bonds is 4. The maximum absolute atomic E-state index is 14.0. The molecule has 1 atom stereocenters. The van der Waals surface area contributed by atoms with Crippen LogP contribution in [0.1, 0.15) is 35.5 Å². The number of halogens is 2. The highest BCUT2D eigenvalue weighted by molar-refractivity contribution is 5.35. The summed E-state index contributed by atoms with van der Waals surface area (Å²) in [6, 6.07) is 7.18. The second-order valence-corrected chi connectivity index (χ2v) is 4.78. The SMILES string of the molecule is CCNC(c1ccc(F)cc1F)c1ccc(C)nc1C. The second-order valence-electron chi connectivity index (χ2n) is 4.78. The maximum atomic E-state index is 14.0. The van der Waals surface area contributed by atoms with Gasteiger partial charge in [0.1, 0.15) is 11.6 Å². The van der Waals surface area contributed by atoms with Crippen LogP contribution in [-0.2, 0) is 0 Å². The summed E-state index contributed by atoms with van der Waals surface area (Å²) >= 11 is 0. The highest BCUT2D eigenvalue weighted by atomic mass is 19.1. The summed E-state index contributed by atoms with van der Waals surface area (Å²) < 4.78 is 27.1. The lowest BCUT2D eigenvalue weighted by atomic mass is 9.96. The lowest BCUT2D eigenvalue weighted by molar-refractivity contribution is 0.539. The fourth-order valence-corrected chi connectivity index (χ4v) is 2.33. The van der Waals surface area contributed by atoms with Gasteiger partial charge < -0.3 is 5.32 Å². The topological polar surface area (TPSA) is 24.9 Å². The zero-order chi connectivity index (χ0) is 14.7. The van der Waals surface area contributed by atoms with E-state index < -0.39 is 11.6 Å². The fraction of sp³-hybridized carbons (Fsp3) is 0.312. The number of nitrogens with zero attached hydrogens (tertiary/aromatic N) is 1. The standard InChI is InChI=1S/C16H18F2N2/c1-4-19-16(13-7-5-10(2)20-11(13)3)14-8-6-12(17)9-15(14)18/h5-9,16,19H,4H2,1-3H3. The lowest BCUT2D eigenvalue weighted by Gasteiger charge is -2.21. The Hall–Kier alpha value is -1.81. The van der Waals surface area contributed by atoms with Crippen molar-refractivity contribution in [1.82, 2.24) is 10.3 Å². The minimum atomic E-state index is -0.569. The molecule has 0 amide bonds. The van der Waals surface area contributed by atoms with E-state index in [1.54, 1.807) is 0 Å². The van der Waals surface area contributed by atoms with Crippen LogP contribution in [-0.4, -0.2) is 11.5 Å². The summed E-state index contributed by atoms with van der Waals surface area (Å²) in [6.07, 6.45) is 0. The zero-order valence-electron chi connectivity index (χ0n) is 11.9. The summed E-state index contributed by atoms with van der Waals surface area (Å²) in [4.78, 5) is 4.41. The largest absolute Gasteiger partial charge is 0.306 e. The van der Waals surface area contributed by atoms with Crippen molar-refractivity contribution in [2.24, 2.45) is 0 Å². The second kappa shape index (κ2) is 6.09. The first-order valence-electron chi connectivity index (χ1n) is 6.65. The van der Waals surface area contributed by atoms with Crippen molar-refractivity contribution in [3.05, 3.63) is 64.5 Å². The van der Waals surface area contributed by atoms with Crippen molar-refractivity contribution >= 4 is 0 Å². The van der Waals surface area contributed by atoms with Gasteiger partial charge >= 0.3 is 0 Å². The maximum Gasteiger partial charge on any atom is 0.131 e. The predicted molar refractivity (Wildman–Crippen MR) is 75.6 cm³/mol. The number of aryl methyl sites for hydroxylation is 2. The van der Waals surface area contributed by atoms with Gasteiger partial charge in [0.15, 0.2) is 0 Å². The van der Waals surface area contributed by atoms with E-state index in [1.807, 2.05) is 32.9 Å². The Morgan fingerprint density at radius 2 is 1.80 bits per heavy atom. The van der Waals surface area contributed by atoms with Crippen LogP contribution in [0.15, 0.2) is 30.3 Å². The van der Waals surface area contributed by atoms with E-state index in [4.69, 9.17) is 0 Å². The van der Waals surface area contributed by atoms with Gasteiger partial charge in [-0.25, -0.2) is 8.78 Å². The van der Waals surface area contributed by atoms with Crippen LogP contribution in [0.25, 0.3) is 0 Å². The molecule has 106 valence electrons. The highest BCUT2D eigenvalue weighted by Crippen LogP contribution is 2.26. The Balaban J connectivity index is 2.50. The van der Waals surface area contributed by atoms with Gasteiger partial charge in [0.05, 0.1) is 6.04 Å². The minimum absolute atomic E-state index is 0.325. The summed E-state index contributed by atoms with van der Waals surface area (Å²) in [5.74, 6) is -1.11. The molecule has 0 aliphatic heterocycles. The van der Waals surface area contributed by atoms with Gasteiger partial charge in [0.25, 0.3) is 0 Å². The molecule has 0 spiro atoms. The van der Waals surface area contributed by atoms with Crippen molar-refractivity contribution in [3.63, 3.8) is 0 Å². The number of hydrogen-bond acceptors (Lipinski definition) is 2. The molecule has 0 aliphatic rings. The number of hydrogen-bond donors (Lipinski definition) is 1. The molecule has 2 rings (SSSR count). The van der Waals surface area contributed by atoms with Gasteiger partial charge in [-0.3, -0.25) is 4.98 Å². The van der Waals surface area contributed by atoms with Crippen LogP contribution in [0.3, 0.4) is 0 Å². The van der Waals surface area contributed by atoms with Crippen molar-refractivity contribution in [2.45, 2.75) is 26.8 Å². The summed E-state index contributed by atoms with van der Waals surface area (Å²) in [6.45, 7) is 6.44. The molecular weight excluding hydrogens is 258 g/mol. The molecule has 1 aromatic heterocycles. The van der Waals surface area contributed by atoms with Gasteiger partial charge in [0, 0.05) is 23.0 Å². The van der Waals surface area contributed by atoms with Crippen LogP contribution in [0.2, 0.25) is 0 Å². The number of nitrogens with one attached hydrogen (secondary N) is 1. The van der Waals surface area contributed by atoms with Crippen molar-refractivity contribution in [1.29, 1.82) is 0 Å². The van der Waals surface area contributed by atoms with Crippen LogP contribution in [0, 0.1) is 25.5 Å². The third-order valence-corrected chi connectivity index (χ3v) is 3.26. The van der Waals surface area contributed by atoms with E-state index >= 15 is 0 Å². The molecule has 1 heterocycles. The molecule has 0 radical (unpaired) electrons. The number of aromatic nitrogens is 1. The third-order valence-electron chi connectivity index (χ3n) is 3.26. The molecule has 1 N–H and O–H groups in total. The molecule has 1 aromatic carbocycles. The Morgan fingerprint density at radius 1 is 1.10 bits per heavy atom. The zero-order valence-corrected chi connectivity index (χ0v) is 11.9. The van der Waals surface area contributed by atoms with Crippen molar-refractivity contribution < 1.29 is 8.78 Å². The average Bonchev–Trinajstić information content (AvgIpc) is 2.37. The summed E-state index contributed by atoms with van der Waals surface area (Å²) in [5.41, 5.74) is 3.10. The molecule has 0 bridgehead atoms. The number of benzene rings is 1. The first kappa shape index (κ1) is 14.6. The van der Waals surface area contributed by atoms with E-state index in [-0.39, 0.29) is 6.04 Å². The molecule has 0 saturated carbocycles. The fourth-order valence-electron chi connectivity index (χ4n) is 2.33. The summed E-state index contributed by atoms with van der Waals surface area (Å²) in [7, 11) is 0. The Kier molecular flexibility index (Phi) is 4.45. The summed E-state index contributed by atoms with van der Waals surface area (Å²) in [5, 5.41) is 3.23. The van der Waals surface area contributed by atoms with E-state index in [2.05, 4.69) is 10.3 Å². The Morgan fingerprint density at radius 3 is 2.40 bits per heavy atom. The normalized spacial score (nSPS) is 12.4. The molecule has 0 fully saturated rings. The van der Waals surface area contributed by atoms with Crippen LogP contribution >= 0.6 is 0 Å². The predicted octanol–water partition coefficient (Wildman–Crippen LogP) is 3.68. The molecule has 0 aliphatic carbocycles. The molecule has 0 saturated heterocycles. The van der Waals surface area contributed by atoms with E-state index in [0.29, 0.717) is 12.1 Å². The molecule has 1 unspecified atom stereocenters. The monoisotopic (exact) mass is 276 g/mol. The minimum Gasteiger partial charge on any atom is -0.306 e. The Bertz CT molecular complexity index is 560. The van der Waals surface area contributed by atoms with E-state index in [0.717, 1.165) is 23.0 Å².